The third-order valence-corrected chi connectivity index (χ3v) is 2.55. The fraction of sp³-hybridized carbons (Fsp3) is 0.500. The second-order valence-electron chi connectivity index (χ2n) is 4.29. The molecule has 1 heterocycles. The van der Waals surface area contributed by atoms with Crippen molar-refractivity contribution in [1.82, 2.24) is 9.78 Å². The summed E-state index contributed by atoms with van der Waals surface area (Å²) in [6.07, 6.45) is 0. The molecule has 0 N–H and O–H groups in total. The molecule has 0 radical (unpaired) electrons. The van der Waals surface area contributed by atoms with Crippen LogP contribution in [-0.2, 0) is 7.05 Å². The summed E-state index contributed by atoms with van der Waals surface area (Å²) in [5.41, 5.74) is 5.34. The van der Waals surface area contributed by atoms with Gasteiger partial charge in [0.1, 0.15) is 13.8 Å². The highest BCUT2D eigenvalue weighted by molar-refractivity contribution is 6.83. The Bertz CT molecular complexity index is 341. The lowest BCUT2D eigenvalue weighted by molar-refractivity contribution is 0.737. The van der Waals surface area contributed by atoms with Crippen LogP contribution in [0.5, 0.6) is 0 Å². The van der Waals surface area contributed by atoms with Gasteiger partial charge < -0.3 is 0 Å². The number of aromatic nitrogens is 2. The minimum absolute atomic E-state index is 0.891. The molecular formula is C10H16N2Si. The van der Waals surface area contributed by atoms with E-state index in [4.69, 9.17) is 0 Å². The summed E-state index contributed by atoms with van der Waals surface area (Å²) in [6.45, 7) is 8.73. The van der Waals surface area contributed by atoms with Crippen molar-refractivity contribution in [3.05, 3.63) is 17.5 Å². The Balaban J connectivity index is 2.91. The molecule has 0 saturated heterocycles. The maximum Gasteiger partial charge on any atom is 0.134 e. The molecule has 2 nitrogen and oxygen atoms in total. The quantitative estimate of drug-likeness (QED) is 0.454. The number of rotatable bonds is 0. The van der Waals surface area contributed by atoms with Crippen molar-refractivity contribution in [3.8, 4) is 11.5 Å². The van der Waals surface area contributed by atoms with Crippen molar-refractivity contribution in [1.29, 1.82) is 0 Å². The van der Waals surface area contributed by atoms with E-state index in [1.165, 1.54) is 0 Å². The molecule has 0 aliphatic rings. The van der Waals surface area contributed by atoms with Gasteiger partial charge in [0.2, 0.25) is 0 Å². The molecule has 0 spiro atoms. The zero-order valence-electron chi connectivity index (χ0n) is 8.97. The van der Waals surface area contributed by atoms with Crippen LogP contribution in [0.4, 0.5) is 0 Å². The summed E-state index contributed by atoms with van der Waals surface area (Å²) in [7, 11) is 0.681. The van der Waals surface area contributed by atoms with E-state index in [1.54, 1.807) is 0 Å². The van der Waals surface area contributed by atoms with Crippen LogP contribution in [0.15, 0.2) is 6.07 Å². The molecule has 3 heteroatoms. The van der Waals surface area contributed by atoms with Gasteiger partial charge in [-0.05, 0) is 13.0 Å². The first-order valence-corrected chi connectivity index (χ1v) is 7.92. The maximum absolute atomic E-state index is 4.28. The molecule has 0 saturated carbocycles. The minimum Gasteiger partial charge on any atom is -0.272 e. The summed E-state index contributed by atoms with van der Waals surface area (Å²) >= 11 is 0. The van der Waals surface area contributed by atoms with Crippen LogP contribution in [0.2, 0.25) is 19.6 Å². The first-order valence-electron chi connectivity index (χ1n) is 4.42. The zero-order valence-corrected chi connectivity index (χ0v) is 9.97. The van der Waals surface area contributed by atoms with Gasteiger partial charge in [0.05, 0.1) is 0 Å². The van der Waals surface area contributed by atoms with Crippen LogP contribution in [0.3, 0.4) is 0 Å². The SMILES string of the molecule is Cc1cc(C#C[Si](C)(C)C)nn1C. The molecule has 0 amide bonds. The molecule has 0 aliphatic heterocycles. The smallest absolute Gasteiger partial charge is 0.134 e. The van der Waals surface area contributed by atoms with Gasteiger partial charge in [-0.25, -0.2) is 0 Å². The Kier molecular flexibility index (Phi) is 2.62. The van der Waals surface area contributed by atoms with E-state index in [-0.39, 0.29) is 0 Å². The van der Waals surface area contributed by atoms with Crippen LogP contribution >= 0.6 is 0 Å². The standard InChI is InChI=1S/C10H16N2Si/c1-9-8-10(11-12(9)2)6-7-13(3,4)5/h8H,1-5H3. The molecule has 70 valence electrons. The summed E-state index contributed by atoms with van der Waals surface area (Å²) in [5, 5.41) is 4.28. The van der Waals surface area contributed by atoms with Gasteiger partial charge in [-0.1, -0.05) is 25.6 Å². The summed E-state index contributed by atoms with van der Waals surface area (Å²) < 4.78 is 1.86. The van der Waals surface area contributed by atoms with E-state index < -0.39 is 8.07 Å². The van der Waals surface area contributed by atoms with Crippen molar-refractivity contribution in [2.75, 3.05) is 0 Å². The molecule has 0 aliphatic carbocycles. The molecule has 0 aromatic carbocycles. The number of nitrogens with zero attached hydrogens (tertiary/aromatic N) is 2. The van der Waals surface area contributed by atoms with Crippen molar-refractivity contribution >= 4 is 8.07 Å². The zero-order chi connectivity index (χ0) is 10.1. The largest absolute Gasteiger partial charge is 0.272 e. The van der Waals surface area contributed by atoms with Gasteiger partial charge in [-0.2, -0.15) is 5.10 Å². The third kappa shape index (κ3) is 3.08. The van der Waals surface area contributed by atoms with Crippen LogP contribution < -0.4 is 0 Å². The average Bonchev–Trinajstić information content (AvgIpc) is 2.27. The fourth-order valence-corrected chi connectivity index (χ4v) is 1.38. The predicted molar refractivity (Wildman–Crippen MR) is 58.2 cm³/mol. The molecule has 0 atom stereocenters. The monoisotopic (exact) mass is 192 g/mol. The first-order chi connectivity index (χ1) is 5.88. The fourth-order valence-electron chi connectivity index (χ4n) is 0.873. The maximum atomic E-state index is 4.28. The molecule has 1 aromatic heterocycles. The van der Waals surface area contributed by atoms with E-state index in [0.717, 1.165) is 11.4 Å². The van der Waals surface area contributed by atoms with Crippen molar-refractivity contribution < 1.29 is 0 Å². The molecule has 0 unspecified atom stereocenters. The topological polar surface area (TPSA) is 17.8 Å². The molecule has 0 fully saturated rings. The van der Waals surface area contributed by atoms with Crippen LogP contribution in [0, 0.1) is 18.4 Å². The Morgan fingerprint density at radius 1 is 1.38 bits per heavy atom. The second-order valence-corrected chi connectivity index (χ2v) is 9.04. The molecule has 13 heavy (non-hydrogen) atoms. The van der Waals surface area contributed by atoms with E-state index in [9.17, 15) is 0 Å². The highest BCUT2D eigenvalue weighted by Crippen LogP contribution is 2.01. The van der Waals surface area contributed by atoms with Gasteiger partial charge in [0, 0.05) is 12.7 Å². The first kappa shape index (κ1) is 10.1. The van der Waals surface area contributed by atoms with E-state index in [0.29, 0.717) is 0 Å². The predicted octanol–water partition coefficient (Wildman–Crippen LogP) is 1.96. The van der Waals surface area contributed by atoms with Gasteiger partial charge in [-0.15, -0.1) is 5.54 Å². The molecule has 1 aromatic rings. The lowest BCUT2D eigenvalue weighted by Gasteiger charge is -2.02. The second kappa shape index (κ2) is 3.39. The Morgan fingerprint density at radius 3 is 2.38 bits per heavy atom. The molecular weight excluding hydrogens is 176 g/mol. The van der Waals surface area contributed by atoms with Gasteiger partial charge in [0.15, 0.2) is 0 Å². The van der Waals surface area contributed by atoms with E-state index in [1.807, 2.05) is 24.7 Å². The number of hydrogen-bond donors (Lipinski definition) is 0. The lowest BCUT2D eigenvalue weighted by atomic mass is 10.4. The van der Waals surface area contributed by atoms with Crippen molar-refractivity contribution in [3.63, 3.8) is 0 Å². The Labute approximate surface area is 81.0 Å². The highest BCUT2D eigenvalue weighted by Gasteiger charge is 2.07. The van der Waals surface area contributed by atoms with Crippen LogP contribution in [0.1, 0.15) is 11.4 Å². The van der Waals surface area contributed by atoms with E-state index in [2.05, 4.69) is 36.2 Å². The van der Waals surface area contributed by atoms with Crippen molar-refractivity contribution in [2.24, 2.45) is 7.05 Å². The average molecular weight is 192 g/mol. The Hall–Kier alpha value is -1.01. The summed E-state index contributed by atoms with van der Waals surface area (Å²) in [5.74, 6) is 3.13. The molecule has 1 rings (SSSR count). The van der Waals surface area contributed by atoms with Crippen LogP contribution in [-0.4, -0.2) is 17.9 Å². The summed E-state index contributed by atoms with van der Waals surface area (Å²) in [6, 6.07) is 2.02. The van der Waals surface area contributed by atoms with Gasteiger partial charge in [0.25, 0.3) is 0 Å². The molecule has 0 bridgehead atoms. The van der Waals surface area contributed by atoms with Crippen molar-refractivity contribution in [2.45, 2.75) is 26.6 Å². The summed E-state index contributed by atoms with van der Waals surface area (Å²) in [4.78, 5) is 0. The number of hydrogen-bond acceptors (Lipinski definition) is 1. The minimum atomic E-state index is -1.26. The third-order valence-electron chi connectivity index (χ3n) is 1.68. The normalized spacial score (nSPS) is 10.8. The highest BCUT2D eigenvalue weighted by atomic mass is 28.3. The lowest BCUT2D eigenvalue weighted by Crippen LogP contribution is -2.16. The van der Waals surface area contributed by atoms with E-state index >= 15 is 0 Å². The number of aryl methyl sites for hydroxylation is 2. The van der Waals surface area contributed by atoms with Gasteiger partial charge in [-0.3, -0.25) is 4.68 Å². The Morgan fingerprint density at radius 2 is 2.00 bits per heavy atom. The van der Waals surface area contributed by atoms with Gasteiger partial charge >= 0.3 is 0 Å². The van der Waals surface area contributed by atoms with Crippen LogP contribution in [0.25, 0.3) is 0 Å².